The maximum atomic E-state index is 9.77. The molecule has 0 saturated carbocycles. The van der Waals surface area contributed by atoms with Crippen molar-refractivity contribution in [2.45, 2.75) is 38.5 Å². The van der Waals surface area contributed by atoms with Gasteiger partial charge in [-0.1, -0.05) is 57.0 Å². The van der Waals surface area contributed by atoms with Gasteiger partial charge in [0.15, 0.2) is 0 Å². The van der Waals surface area contributed by atoms with Crippen LogP contribution in [-0.4, -0.2) is 18.3 Å². The number of hydrogen-bond acceptors (Lipinski definition) is 2. The molecule has 0 fully saturated rings. The van der Waals surface area contributed by atoms with E-state index in [0.29, 0.717) is 12.5 Å². The highest BCUT2D eigenvalue weighted by molar-refractivity contribution is 5.26. The smallest absolute Gasteiger partial charge is 0.0540 e. The first kappa shape index (κ1) is 14.2. The second-order valence-electron chi connectivity index (χ2n) is 5.11. The zero-order valence-corrected chi connectivity index (χ0v) is 11.0. The van der Waals surface area contributed by atoms with Gasteiger partial charge in [-0.3, -0.25) is 0 Å². The Balaban J connectivity index is 2.89. The lowest BCUT2D eigenvalue weighted by atomic mass is 9.74. The summed E-state index contributed by atoms with van der Waals surface area (Å²) in [7, 11) is 0. The van der Waals surface area contributed by atoms with Crippen LogP contribution in [0.5, 0.6) is 0 Å². The average Bonchev–Trinajstić information content (AvgIpc) is 2.37. The molecular weight excluding hydrogens is 210 g/mol. The van der Waals surface area contributed by atoms with Crippen LogP contribution in [0.1, 0.15) is 38.7 Å². The molecule has 0 saturated heterocycles. The highest BCUT2D eigenvalue weighted by Gasteiger charge is 2.31. The van der Waals surface area contributed by atoms with Gasteiger partial charge in [-0.25, -0.2) is 0 Å². The van der Waals surface area contributed by atoms with E-state index in [1.165, 1.54) is 12.8 Å². The molecule has 0 spiro atoms. The number of rotatable bonds is 7. The molecule has 1 aromatic carbocycles. The minimum atomic E-state index is -0.268. The van der Waals surface area contributed by atoms with Gasteiger partial charge in [0.25, 0.3) is 0 Å². The predicted octanol–water partition coefficient (Wildman–Crippen LogP) is 2.70. The third-order valence-electron chi connectivity index (χ3n) is 3.60. The van der Waals surface area contributed by atoms with Crippen LogP contribution in [0.3, 0.4) is 0 Å². The maximum Gasteiger partial charge on any atom is 0.0540 e. The Labute approximate surface area is 105 Å². The monoisotopic (exact) mass is 235 g/mol. The second kappa shape index (κ2) is 6.77. The number of hydrogen-bond donors (Lipinski definition) is 2. The fourth-order valence-electron chi connectivity index (χ4n) is 2.59. The summed E-state index contributed by atoms with van der Waals surface area (Å²) in [5, 5.41) is 9.77. The standard InChI is InChI=1S/C15H25NO/c1-3-7-13(2)10-15(11-16,12-17)14-8-5-4-6-9-14/h4-6,8-9,13,17H,3,7,10-12,16H2,1-2H3. The zero-order chi connectivity index (χ0) is 12.7. The predicted molar refractivity (Wildman–Crippen MR) is 72.9 cm³/mol. The highest BCUT2D eigenvalue weighted by atomic mass is 16.3. The molecule has 0 aliphatic rings. The number of nitrogens with two attached hydrogens (primary N) is 1. The minimum Gasteiger partial charge on any atom is -0.395 e. The van der Waals surface area contributed by atoms with E-state index in [-0.39, 0.29) is 12.0 Å². The topological polar surface area (TPSA) is 46.2 Å². The summed E-state index contributed by atoms with van der Waals surface area (Å²) in [4.78, 5) is 0. The van der Waals surface area contributed by atoms with E-state index in [4.69, 9.17) is 5.73 Å². The van der Waals surface area contributed by atoms with Gasteiger partial charge in [0.2, 0.25) is 0 Å². The van der Waals surface area contributed by atoms with E-state index in [1.54, 1.807) is 0 Å². The third kappa shape index (κ3) is 3.55. The molecule has 2 unspecified atom stereocenters. The third-order valence-corrected chi connectivity index (χ3v) is 3.60. The maximum absolute atomic E-state index is 9.77. The largest absolute Gasteiger partial charge is 0.395 e. The first-order valence-corrected chi connectivity index (χ1v) is 6.55. The second-order valence-corrected chi connectivity index (χ2v) is 5.11. The molecule has 0 aromatic heterocycles. The van der Waals surface area contributed by atoms with Crippen molar-refractivity contribution in [3.8, 4) is 0 Å². The summed E-state index contributed by atoms with van der Waals surface area (Å²) in [5.41, 5.74) is 6.83. The molecule has 1 rings (SSSR count). The summed E-state index contributed by atoms with van der Waals surface area (Å²) in [6.45, 7) is 5.07. The van der Waals surface area contributed by atoms with Crippen LogP contribution in [0.4, 0.5) is 0 Å². The van der Waals surface area contributed by atoms with Crippen molar-refractivity contribution in [1.29, 1.82) is 0 Å². The van der Waals surface area contributed by atoms with Crippen LogP contribution in [0, 0.1) is 5.92 Å². The van der Waals surface area contributed by atoms with Crippen LogP contribution in [-0.2, 0) is 5.41 Å². The molecular formula is C15H25NO. The molecule has 2 heteroatoms. The lowest BCUT2D eigenvalue weighted by molar-refractivity contribution is 0.169. The summed E-state index contributed by atoms with van der Waals surface area (Å²) in [5.74, 6) is 0.593. The average molecular weight is 235 g/mol. The molecule has 17 heavy (non-hydrogen) atoms. The van der Waals surface area contributed by atoms with Gasteiger partial charge in [0, 0.05) is 12.0 Å². The van der Waals surface area contributed by atoms with Crippen LogP contribution in [0.2, 0.25) is 0 Å². The van der Waals surface area contributed by atoms with Crippen molar-refractivity contribution in [3.05, 3.63) is 35.9 Å². The summed E-state index contributed by atoms with van der Waals surface area (Å²) in [6.07, 6.45) is 3.33. The first-order chi connectivity index (χ1) is 8.18. The molecule has 0 aliphatic heterocycles. The Morgan fingerprint density at radius 3 is 2.41 bits per heavy atom. The van der Waals surface area contributed by atoms with Gasteiger partial charge < -0.3 is 10.8 Å². The molecule has 1 aromatic rings. The lowest BCUT2D eigenvalue weighted by Gasteiger charge is -2.33. The van der Waals surface area contributed by atoms with Crippen LogP contribution in [0.15, 0.2) is 30.3 Å². The van der Waals surface area contributed by atoms with Gasteiger partial charge in [-0.15, -0.1) is 0 Å². The Kier molecular flexibility index (Phi) is 5.66. The Hall–Kier alpha value is -0.860. The summed E-state index contributed by atoms with van der Waals surface area (Å²) < 4.78 is 0. The molecule has 0 heterocycles. The van der Waals surface area contributed by atoms with Crippen molar-refractivity contribution < 1.29 is 5.11 Å². The van der Waals surface area contributed by atoms with Crippen molar-refractivity contribution in [1.82, 2.24) is 0 Å². The number of aliphatic hydroxyl groups is 1. The molecule has 0 bridgehead atoms. The number of benzene rings is 1. The zero-order valence-electron chi connectivity index (χ0n) is 11.0. The first-order valence-electron chi connectivity index (χ1n) is 6.55. The minimum absolute atomic E-state index is 0.127. The van der Waals surface area contributed by atoms with Crippen LogP contribution < -0.4 is 5.73 Å². The fourth-order valence-corrected chi connectivity index (χ4v) is 2.59. The van der Waals surface area contributed by atoms with E-state index in [1.807, 2.05) is 18.2 Å². The van der Waals surface area contributed by atoms with Gasteiger partial charge in [-0.2, -0.15) is 0 Å². The lowest BCUT2D eigenvalue weighted by Crippen LogP contribution is -2.40. The van der Waals surface area contributed by atoms with E-state index in [2.05, 4.69) is 26.0 Å². The van der Waals surface area contributed by atoms with Crippen molar-refractivity contribution in [3.63, 3.8) is 0 Å². The molecule has 0 aliphatic carbocycles. The van der Waals surface area contributed by atoms with Gasteiger partial charge in [0.05, 0.1) is 6.61 Å². The van der Waals surface area contributed by atoms with E-state index in [9.17, 15) is 5.11 Å². The number of aliphatic hydroxyl groups excluding tert-OH is 1. The van der Waals surface area contributed by atoms with Crippen molar-refractivity contribution in [2.75, 3.05) is 13.2 Å². The molecule has 2 nitrogen and oxygen atoms in total. The van der Waals surface area contributed by atoms with Crippen LogP contribution >= 0.6 is 0 Å². The Morgan fingerprint density at radius 2 is 1.94 bits per heavy atom. The normalized spacial score (nSPS) is 16.5. The van der Waals surface area contributed by atoms with Gasteiger partial charge in [0.1, 0.15) is 0 Å². The fraction of sp³-hybridized carbons (Fsp3) is 0.600. The molecule has 2 atom stereocenters. The van der Waals surface area contributed by atoms with Crippen molar-refractivity contribution >= 4 is 0 Å². The van der Waals surface area contributed by atoms with Gasteiger partial charge in [-0.05, 0) is 17.9 Å². The SMILES string of the molecule is CCCC(C)CC(CN)(CO)c1ccccc1. The van der Waals surface area contributed by atoms with Crippen LogP contribution in [0.25, 0.3) is 0 Å². The quantitative estimate of drug-likeness (QED) is 0.763. The Morgan fingerprint density at radius 1 is 1.29 bits per heavy atom. The van der Waals surface area contributed by atoms with Gasteiger partial charge >= 0.3 is 0 Å². The highest BCUT2D eigenvalue weighted by Crippen LogP contribution is 2.31. The summed E-state index contributed by atoms with van der Waals surface area (Å²) >= 11 is 0. The Bertz CT molecular complexity index is 306. The van der Waals surface area contributed by atoms with E-state index >= 15 is 0 Å². The van der Waals surface area contributed by atoms with E-state index < -0.39 is 0 Å². The molecule has 3 N–H and O–H groups in total. The van der Waals surface area contributed by atoms with Crippen molar-refractivity contribution in [2.24, 2.45) is 11.7 Å². The van der Waals surface area contributed by atoms with E-state index in [0.717, 1.165) is 12.0 Å². The molecule has 96 valence electrons. The summed E-state index contributed by atoms with van der Waals surface area (Å²) in [6, 6.07) is 10.2. The molecule has 0 radical (unpaired) electrons. The molecule has 0 amide bonds.